The Labute approximate surface area is 143 Å². The van der Waals surface area contributed by atoms with Crippen molar-refractivity contribution < 1.29 is 14.3 Å². The van der Waals surface area contributed by atoms with Gasteiger partial charge >= 0.3 is 0 Å². The number of hydrogen-bond donors (Lipinski definition) is 1. The lowest BCUT2D eigenvalue weighted by Crippen LogP contribution is -2.08. The Morgan fingerprint density at radius 3 is 2.78 bits per heavy atom. The predicted octanol–water partition coefficient (Wildman–Crippen LogP) is 4.45. The van der Waals surface area contributed by atoms with E-state index < -0.39 is 0 Å². The Morgan fingerprint density at radius 2 is 2.00 bits per heavy atom. The van der Waals surface area contributed by atoms with Gasteiger partial charge in [-0.05, 0) is 55.3 Å². The first-order valence-corrected chi connectivity index (χ1v) is 7.98. The van der Waals surface area contributed by atoms with Crippen LogP contribution in [0.4, 0.5) is 5.69 Å². The van der Waals surface area contributed by atoms with E-state index in [2.05, 4.69) is 21.2 Å². The number of rotatable bonds is 3. The van der Waals surface area contributed by atoms with Crippen molar-refractivity contribution in [2.24, 2.45) is 0 Å². The molecule has 0 saturated carbocycles. The fourth-order valence-corrected chi connectivity index (χ4v) is 2.73. The summed E-state index contributed by atoms with van der Waals surface area (Å²) in [6.07, 6.45) is 3.20. The van der Waals surface area contributed by atoms with Crippen molar-refractivity contribution in [3.8, 4) is 11.5 Å². The molecule has 4 nitrogen and oxygen atoms in total. The SMILES string of the molecule is Cc1ccc(NC(=O)/C=C/c2c(Br)ccc3c2OCO3)cc1C. The Bertz CT molecular complexity index is 799. The van der Waals surface area contributed by atoms with Crippen LogP contribution in [0.5, 0.6) is 11.5 Å². The number of amides is 1. The molecule has 3 rings (SSSR count). The average Bonchev–Trinajstić information content (AvgIpc) is 2.98. The maximum atomic E-state index is 12.1. The lowest BCUT2D eigenvalue weighted by Gasteiger charge is -2.06. The van der Waals surface area contributed by atoms with Crippen molar-refractivity contribution in [1.29, 1.82) is 0 Å². The van der Waals surface area contributed by atoms with E-state index >= 15 is 0 Å². The third kappa shape index (κ3) is 3.40. The lowest BCUT2D eigenvalue weighted by atomic mass is 10.1. The van der Waals surface area contributed by atoms with Crippen molar-refractivity contribution in [2.45, 2.75) is 13.8 Å². The number of benzene rings is 2. The van der Waals surface area contributed by atoms with E-state index in [0.29, 0.717) is 11.5 Å². The molecule has 5 heteroatoms. The van der Waals surface area contributed by atoms with Crippen LogP contribution in [-0.4, -0.2) is 12.7 Å². The summed E-state index contributed by atoms with van der Waals surface area (Å²) < 4.78 is 11.6. The molecule has 23 heavy (non-hydrogen) atoms. The maximum Gasteiger partial charge on any atom is 0.248 e. The van der Waals surface area contributed by atoms with Crippen LogP contribution in [-0.2, 0) is 4.79 Å². The van der Waals surface area contributed by atoms with E-state index in [-0.39, 0.29) is 12.7 Å². The van der Waals surface area contributed by atoms with Gasteiger partial charge in [0.05, 0.1) is 0 Å². The van der Waals surface area contributed by atoms with Crippen LogP contribution in [0.3, 0.4) is 0 Å². The maximum absolute atomic E-state index is 12.1. The molecule has 1 amide bonds. The number of nitrogens with one attached hydrogen (secondary N) is 1. The van der Waals surface area contributed by atoms with E-state index in [1.807, 2.05) is 44.2 Å². The standard InChI is InChI=1S/C18H16BrNO3/c1-11-3-4-13(9-12(11)2)20-17(21)8-5-14-15(19)6-7-16-18(14)23-10-22-16/h3-9H,10H2,1-2H3,(H,20,21)/b8-5+. The van der Waals surface area contributed by atoms with Gasteiger partial charge in [0.25, 0.3) is 0 Å². The van der Waals surface area contributed by atoms with Crippen molar-refractivity contribution in [1.82, 2.24) is 0 Å². The number of aryl methyl sites for hydroxylation is 2. The Morgan fingerprint density at radius 1 is 1.17 bits per heavy atom. The van der Waals surface area contributed by atoms with E-state index in [0.717, 1.165) is 21.3 Å². The highest BCUT2D eigenvalue weighted by molar-refractivity contribution is 9.10. The molecule has 0 unspecified atom stereocenters. The second-order valence-corrected chi connectivity index (χ2v) is 6.17. The van der Waals surface area contributed by atoms with Crippen LogP contribution in [0, 0.1) is 13.8 Å². The molecule has 2 aromatic carbocycles. The van der Waals surface area contributed by atoms with Gasteiger partial charge in [0.15, 0.2) is 11.5 Å². The number of ether oxygens (including phenoxy) is 2. The first kappa shape index (κ1) is 15.6. The van der Waals surface area contributed by atoms with Gasteiger partial charge < -0.3 is 14.8 Å². The van der Waals surface area contributed by atoms with Crippen molar-refractivity contribution >= 4 is 33.6 Å². The lowest BCUT2D eigenvalue weighted by molar-refractivity contribution is -0.111. The van der Waals surface area contributed by atoms with Gasteiger partial charge in [-0.1, -0.05) is 22.0 Å². The summed E-state index contributed by atoms with van der Waals surface area (Å²) in [5.41, 5.74) is 3.90. The molecular formula is C18H16BrNO3. The minimum Gasteiger partial charge on any atom is -0.454 e. The summed E-state index contributed by atoms with van der Waals surface area (Å²) in [7, 11) is 0. The molecule has 0 bridgehead atoms. The molecule has 1 aliphatic heterocycles. The zero-order chi connectivity index (χ0) is 16.4. The highest BCUT2D eigenvalue weighted by Gasteiger charge is 2.18. The summed E-state index contributed by atoms with van der Waals surface area (Å²) in [5, 5.41) is 2.85. The smallest absolute Gasteiger partial charge is 0.248 e. The first-order chi connectivity index (χ1) is 11.0. The number of fused-ring (bicyclic) bond motifs is 1. The molecule has 0 aromatic heterocycles. The fraction of sp³-hybridized carbons (Fsp3) is 0.167. The Hall–Kier alpha value is -2.27. The van der Waals surface area contributed by atoms with Crippen molar-refractivity contribution in [2.75, 3.05) is 12.1 Å². The van der Waals surface area contributed by atoms with Gasteiger partial charge in [0, 0.05) is 21.8 Å². The van der Waals surface area contributed by atoms with Gasteiger partial charge in [-0.3, -0.25) is 4.79 Å². The van der Waals surface area contributed by atoms with Gasteiger partial charge in [-0.2, -0.15) is 0 Å². The predicted molar refractivity (Wildman–Crippen MR) is 93.8 cm³/mol. The second kappa shape index (κ2) is 6.46. The summed E-state index contributed by atoms with van der Waals surface area (Å²) in [5.74, 6) is 1.13. The first-order valence-electron chi connectivity index (χ1n) is 7.19. The molecule has 118 valence electrons. The molecule has 1 heterocycles. The molecule has 1 N–H and O–H groups in total. The van der Waals surface area contributed by atoms with Gasteiger partial charge in [-0.15, -0.1) is 0 Å². The van der Waals surface area contributed by atoms with Crippen LogP contribution in [0.2, 0.25) is 0 Å². The molecule has 1 aliphatic rings. The number of anilines is 1. The number of halogens is 1. The highest BCUT2D eigenvalue weighted by atomic mass is 79.9. The summed E-state index contributed by atoms with van der Waals surface area (Å²) in [6, 6.07) is 9.53. The molecule has 0 aliphatic carbocycles. The van der Waals surface area contributed by atoms with Crippen LogP contribution in [0.25, 0.3) is 6.08 Å². The van der Waals surface area contributed by atoms with Gasteiger partial charge in [-0.25, -0.2) is 0 Å². The van der Waals surface area contributed by atoms with E-state index in [1.165, 1.54) is 11.6 Å². The van der Waals surface area contributed by atoms with Crippen molar-refractivity contribution in [3.63, 3.8) is 0 Å². The minimum atomic E-state index is -0.198. The molecule has 0 spiro atoms. The number of carbonyl (C=O) groups excluding carboxylic acids is 1. The van der Waals surface area contributed by atoms with Gasteiger partial charge in [0.2, 0.25) is 12.7 Å². The average molecular weight is 374 g/mol. The number of hydrogen-bond acceptors (Lipinski definition) is 3. The molecule has 2 aromatic rings. The third-order valence-electron chi connectivity index (χ3n) is 3.70. The molecular weight excluding hydrogens is 358 g/mol. The molecule has 0 saturated heterocycles. The van der Waals surface area contributed by atoms with Crippen LogP contribution in [0.15, 0.2) is 40.9 Å². The highest BCUT2D eigenvalue weighted by Crippen LogP contribution is 2.40. The normalized spacial score (nSPS) is 12.7. The Balaban J connectivity index is 1.77. The summed E-state index contributed by atoms with van der Waals surface area (Å²) >= 11 is 3.47. The van der Waals surface area contributed by atoms with Crippen molar-refractivity contribution in [3.05, 3.63) is 57.6 Å². The van der Waals surface area contributed by atoms with Gasteiger partial charge in [0.1, 0.15) is 0 Å². The minimum absolute atomic E-state index is 0.196. The zero-order valence-electron chi connectivity index (χ0n) is 12.9. The zero-order valence-corrected chi connectivity index (χ0v) is 14.4. The van der Waals surface area contributed by atoms with E-state index in [9.17, 15) is 4.79 Å². The molecule has 0 radical (unpaired) electrons. The Kier molecular flexibility index (Phi) is 4.39. The second-order valence-electron chi connectivity index (χ2n) is 5.32. The molecule has 0 fully saturated rings. The van der Waals surface area contributed by atoms with E-state index in [4.69, 9.17) is 9.47 Å². The van der Waals surface area contributed by atoms with Crippen LogP contribution in [0.1, 0.15) is 16.7 Å². The summed E-state index contributed by atoms with van der Waals surface area (Å²) in [4.78, 5) is 12.1. The van der Waals surface area contributed by atoms with Crippen LogP contribution < -0.4 is 14.8 Å². The topological polar surface area (TPSA) is 47.6 Å². The van der Waals surface area contributed by atoms with Crippen LogP contribution >= 0.6 is 15.9 Å². The largest absolute Gasteiger partial charge is 0.454 e. The van der Waals surface area contributed by atoms with E-state index in [1.54, 1.807) is 6.08 Å². The monoisotopic (exact) mass is 373 g/mol. The number of carbonyl (C=O) groups is 1. The fourth-order valence-electron chi connectivity index (χ4n) is 2.29. The molecule has 0 atom stereocenters. The quantitative estimate of drug-likeness (QED) is 0.808. The summed E-state index contributed by atoms with van der Waals surface area (Å²) in [6.45, 7) is 4.25. The third-order valence-corrected chi connectivity index (χ3v) is 4.39.